The van der Waals surface area contributed by atoms with Crippen molar-refractivity contribution < 1.29 is 8.42 Å². The minimum Gasteiger partial charge on any atom is -0.269 e. The Morgan fingerprint density at radius 3 is 2.70 bits per heavy atom. The highest BCUT2D eigenvalue weighted by Crippen LogP contribution is 2.31. The Kier molecular flexibility index (Phi) is 3.26. The van der Waals surface area contributed by atoms with Gasteiger partial charge in [-0.05, 0) is 30.5 Å². The van der Waals surface area contributed by atoms with E-state index < -0.39 is 10.0 Å². The standard InChI is InChI=1S/C16H17NO2S/c1-13-5-4-6-14(11-13)12-20(18,19)17-10-9-15-7-2-3-8-16(15)17/h2-8,11H,9-10,12H2,1H3. The summed E-state index contributed by atoms with van der Waals surface area (Å²) in [5, 5.41) is 0. The molecule has 2 aromatic rings. The fourth-order valence-corrected chi connectivity index (χ4v) is 4.29. The van der Waals surface area contributed by atoms with Crippen molar-refractivity contribution in [2.45, 2.75) is 19.1 Å². The molecule has 3 rings (SSSR count). The van der Waals surface area contributed by atoms with Gasteiger partial charge in [-0.25, -0.2) is 8.42 Å². The quantitative estimate of drug-likeness (QED) is 0.870. The summed E-state index contributed by atoms with van der Waals surface area (Å²) in [5.74, 6) is 0.0585. The Balaban J connectivity index is 1.90. The smallest absolute Gasteiger partial charge is 0.239 e. The van der Waals surface area contributed by atoms with E-state index in [1.54, 1.807) is 4.31 Å². The summed E-state index contributed by atoms with van der Waals surface area (Å²) in [5.41, 5.74) is 3.87. The van der Waals surface area contributed by atoms with Crippen molar-refractivity contribution in [2.75, 3.05) is 10.8 Å². The van der Waals surface area contributed by atoms with Crippen molar-refractivity contribution in [2.24, 2.45) is 0 Å². The Morgan fingerprint density at radius 2 is 1.90 bits per heavy atom. The molecule has 0 bridgehead atoms. The Bertz CT molecular complexity index is 738. The average Bonchev–Trinajstić information content (AvgIpc) is 2.82. The van der Waals surface area contributed by atoms with Crippen LogP contribution in [0.1, 0.15) is 16.7 Å². The lowest BCUT2D eigenvalue weighted by molar-refractivity contribution is 0.591. The van der Waals surface area contributed by atoms with Crippen LogP contribution >= 0.6 is 0 Å². The van der Waals surface area contributed by atoms with Gasteiger partial charge in [0, 0.05) is 6.54 Å². The summed E-state index contributed by atoms with van der Waals surface area (Å²) in [7, 11) is -3.31. The minimum atomic E-state index is -3.31. The summed E-state index contributed by atoms with van der Waals surface area (Å²) in [6, 6.07) is 15.4. The van der Waals surface area contributed by atoms with E-state index in [4.69, 9.17) is 0 Å². The van der Waals surface area contributed by atoms with Crippen LogP contribution in [0.2, 0.25) is 0 Å². The molecule has 0 fully saturated rings. The van der Waals surface area contributed by atoms with Crippen molar-refractivity contribution in [3.63, 3.8) is 0 Å². The first kappa shape index (κ1) is 13.2. The molecule has 0 N–H and O–H groups in total. The molecule has 4 heteroatoms. The van der Waals surface area contributed by atoms with Gasteiger partial charge in [0.15, 0.2) is 0 Å². The first-order chi connectivity index (χ1) is 9.56. The largest absolute Gasteiger partial charge is 0.269 e. The van der Waals surface area contributed by atoms with E-state index in [1.165, 1.54) is 0 Å². The second-order valence-electron chi connectivity index (χ2n) is 5.20. The molecule has 0 spiro atoms. The lowest BCUT2D eigenvalue weighted by Crippen LogP contribution is -2.30. The second-order valence-corrected chi connectivity index (χ2v) is 7.09. The number of nitrogens with zero attached hydrogens (tertiary/aromatic N) is 1. The zero-order valence-corrected chi connectivity index (χ0v) is 12.2. The molecule has 0 aromatic heterocycles. The van der Waals surface area contributed by atoms with Gasteiger partial charge in [0.2, 0.25) is 10.0 Å². The number of para-hydroxylation sites is 1. The van der Waals surface area contributed by atoms with Crippen LogP contribution < -0.4 is 4.31 Å². The van der Waals surface area contributed by atoms with Gasteiger partial charge >= 0.3 is 0 Å². The van der Waals surface area contributed by atoms with E-state index in [0.717, 1.165) is 28.8 Å². The van der Waals surface area contributed by atoms with Crippen LogP contribution in [0.3, 0.4) is 0 Å². The van der Waals surface area contributed by atoms with Crippen molar-refractivity contribution in [3.8, 4) is 0 Å². The third-order valence-electron chi connectivity index (χ3n) is 3.61. The summed E-state index contributed by atoms with van der Waals surface area (Å²) in [6.07, 6.45) is 0.795. The van der Waals surface area contributed by atoms with Crippen LogP contribution in [-0.4, -0.2) is 15.0 Å². The highest BCUT2D eigenvalue weighted by molar-refractivity contribution is 7.92. The molecule has 3 nitrogen and oxygen atoms in total. The van der Waals surface area contributed by atoms with Crippen LogP contribution in [0.25, 0.3) is 0 Å². The maximum atomic E-state index is 12.6. The molecule has 0 saturated heterocycles. The zero-order valence-electron chi connectivity index (χ0n) is 11.4. The highest BCUT2D eigenvalue weighted by atomic mass is 32.2. The number of rotatable bonds is 3. The van der Waals surface area contributed by atoms with Crippen LogP contribution in [0.5, 0.6) is 0 Å². The van der Waals surface area contributed by atoms with Gasteiger partial charge in [0.1, 0.15) is 0 Å². The number of anilines is 1. The SMILES string of the molecule is Cc1cccc(CS(=O)(=O)N2CCc3ccccc32)c1. The number of hydrogen-bond donors (Lipinski definition) is 0. The lowest BCUT2D eigenvalue weighted by Gasteiger charge is -2.19. The predicted octanol–water partition coefficient (Wildman–Crippen LogP) is 2.89. The van der Waals surface area contributed by atoms with Crippen LogP contribution in [0.15, 0.2) is 48.5 Å². The number of hydrogen-bond acceptors (Lipinski definition) is 2. The van der Waals surface area contributed by atoms with E-state index in [1.807, 2.05) is 55.5 Å². The predicted molar refractivity (Wildman–Crippen MR) is 81.3 cm³/mol. The number of benzene rings is 2. The first-order valence-corrected chi connectivity index (χ1v) is 8.31. The van der Waals surface area contributed by atoms with Crippen molar-refractivity contribution >= 4 is 15.7 Å². The third kappa shape index (κ3) is 2.43. The molecular weight excluding hydrogens is 270 g/mol. The molecule has 0 aliphatic carbocycles. The molecule has 0 saturated carbocycles. The van der Waals surface area contributed by atoms with Gasteiger partial charge in [-0.15, -0.1) is 0 Å². The molecule has 20 heavy (non-hydrogen) atoms. The van der Waals surface area contributed by atoms with Crippen LogP contribution in [0.4, 0.5) is 5.69 Å². The minimum absolute atomic E-state index is 0.0585. The fourth-order valence-electron chi connectivity index (χ4n) is 2.69. The monoisotopic (exact) mass is 287 g/mol. The maximum absolute atomic E-state index is 12.6. The summed E-state index contributed by atoms with van der Waals surface area (Å²) in [4.78, 5) is 0. The summed E-state index contributed by atoms with van der Waals surface area (Å²) in [6.45, 7) is 2.52. The molecule has 2 aromatic carbocycles. The molecule has 0 unspecified atom stereocenters. The molecule has 1 aliphatic heterocycles. The van der Waals surface area contributed by atoms with E-state index in [9.17, 15) is 8.42 Å². The van der Waals surface area contributed by atoms with E-state index in [2.05, 4.69) is 0 Å². The molecule has 0 atom stereocenters. The third-order valence-corrected chi connectivity index (χ3v) is 5.36. The zero-order chi connectivity index (χ0) is 14.2. The number of fused-ring (bicyclic) bond motifs is 1. The molecule has 104 valence electrons. The molecule has 0 amide bonds. The topological polar surface area (TPSA) is 37.4 Å². The Labute approximate surface area is 119 Å². The Hall–Kier alpha value is -1.81. The first-order valence-electron chi connectivity index (χ1n) is 6.70. The van der Waals surface area contributed by atoms with Crippen LogP contribution in [0, 0.1) is 6.92 Å². The van der Waals surface area contributed by atoms with Crippen molar-refractivity contribution in [3.05, 3.63) is 65.2 Å². The lowest BCUT2D eigenvalue weighted by atomic mass is 10.2. The molecule has 0 radical (unpaired) electrons. The summed E-state index contributed by atoms with van der Waals surface area (Å²) >= 11 is 0. The normalized spacial score (nSPS) is 14.3. The van der Waals surface area contributed by atoms with E-state index in [0.29, 0.717) is 6.54 Å². The van der Waals surface area contributed by atoms with Crippen LogP contribution in [-0.2, 0) is 22.2 Å². The van der Waals surface area contributed by atoms with Crippen molar-refractivity contribution in [1.29, 1.82) is 0 Å². The Morgan fingerprint density at radius 1 is 1.10 bits per heavy atom. The second kappa shape index (κ2) is 4.94. The fraction of sp³-hybridized carbons (Fsp3) is 0.250. The van der Waals surface area contributed by atoms with E-state index >= 15 is 0 Å². The van der Waals surface area contributed by atoms with Crippen molar-refractivity contribution in [1.82, 2.24) is 0 Å². The van der Waals surface area contributed by atoms with Gasteiger partial charge in [-0.2, -0.15) is 0 Å². The summed E-state index contributed by atoms with van der Waals surface area (Å²) < 4.78 is 26.8. The van der Waals surface area contributed by atoms with Gasteiger partial charge < -0.3 is 0 Å². The number of aryl methyl sites for hydroxylation is 1. The van der Waals surface area contributed by atoms with E-state index in [-0.39, 0.29) is 5.75 Å². The maximum Gasteiger partial charge on any atom is 0.239 e. The van der Waals surface area contributed by atoms with Gasteiger partial charge in [0.05, 0.1) is 11.4 Å². The highest BCUT2D eigenvalue weighted by Gasteiger charge is 2.29. The average molecular weight is 287 g/mol. The molecule has 1 aliphatic rings. The molecule has 1 heterocycles. The van der Waals surface area contributed by atoms with Gasteiger partial charge in [-0.3, -0.25) is 4.31 Å². The van der Waals surface area contributed by atoms with Gasteiger partial charge in [-0.1, -0.05) is 48.0 Å². The number of sulfonamides is 1. The van der Waals surface area contributed by atoms with Gasteiger partial charge in [0.25, 0.3) is 0 Å². The molecular formula is C16H17NO2S.